The number of nitrogens with one attached hydrogen (secondary N) is 2. The molecule has 0 aliphatic heterocycles. The van der Waals surface area contributed by atoms with Gasteiger partial charge in [0.1, 0.15) is 6.04 Å². The molecule has 3 nitrogen and oxygen atoms in total. The molecule has 0 aromatic heterocycles. The lowest BCUT2D eigenvalue weighted by Gasteiger charge is -2.16. The summed E-state index contributed by atoms with van der Waals surface area (Å²) in [5.41, 5.74) is 0.779. The number of amides is 1. The predicted octanol–water partition coefficient (Wildman–Crippen LogP) is 3.96. The Morgan fingerprint density at radius 2 is 1.89 bits per heavy atom. The van der Waals surface area contributed by atoms with Gasteiger partial charge in [0.25, 0.3) is 0 Å². The molecule has 1 atom stereocenters. The van der Waals surface area contributed by atoms with Gasteiger partial charge in [0, 0.05) is 12.2 Å². The Labute approximate surface area is 124 Å². The number of anilines is 1. The van der Waals surface area contributed by atoms with Crippen LogP contribution in [-0.2, 0) is 4.79 Å². The minimum atomic E-state index is -0.315. The van der Waals surface area contributed by atoms with Gasteiger partial charge >= 0.3 is 0 Å². The lowest BCUT2D eigenvalue weighted by atomic mass is 10.1. The summed E-state index contributed by atoms with van der Waals surface area (Å²) in [7, 11) is 0. The maximum Gasteiger partial charge on any atom is 0.242 e. The van der Waals surface area contributed by atoms with Crippen molar-refractivity contribution >= 4 is 34.8 Å². The monoisotopic (exact) mass is 302 g/mol. The molecule has 0 aliphatic rings. The second-order valence-corrected chi connectivity index (χ2v) is 5.78. The molecule has 2 N–H and O–H groups in total. The van der Waals surface area contributed by atoms with E-state index >= 15 is 0 Å². The van der Waals surface area contributed by atoms with Crippen LogP contribution in [0.2, 0.25) is 10.0 Å². The van der Waals surface area contributed by atoms with Crippen LogP contribution in [0.15, 0.2) is 18.2 Å². The number of hydrogen-bond donors (Lipinski definition) is 2. The molecule has 1 amide bonds. The van der Waals surface area contributed by atoms with Gasteiger partial charge in [-0.05, 0) is 37.5 Å². The van der Waals surface area contributed by atoms with Crippen LogP contribution in [0.5, 0.6) is 0 Å². The minimum Gasteiger partial charge on any atom is -0.374 e. The molecule has 1 aromatic carbocycles. The summed E-state index contributed by atoms with van der Waals surface area (Å²) in [6, 6.07) is 4.90. The van der Waals surface area contributed by atoms with Crippen LogP contribution in [0.4, 0.5) is 5.69 Å². The molecule has 0 radical (unpaired) electrons. The number of hydrogen-bond acceptors (Lipinski definition) is 2. The standard InChI is InChI=1S/C14H20Cl2N2O/c1-9(2)6-7-17-14(19)10(3)18-11-4-5-12(15)13(16)8-11/h4-5,8-10,18H,6-7H2,1-3H3,(H,17,19). The highest BCUT2D eigenvalue weighted by Crippen LogP contribution is 2.25. The van der Waals surface area contributed by atoms with Gasteiger partial charge in [-0.15, -0.1) is 0 Å². The first-order chi connectivity index (χ1) is 8.90. The molecular formula is C14H20Cl2N2O. The van der Waals surface area contributed by atoms with Crippen LogP contribution in [0.1, 0.15) is 27.2 Å². The normalized spacial score (nSPS) is 12.3. The Balaban J connectivity index is 2.47. The van der Waals surface area contributed by atoms with E-state index in [0.29, 0.717) is 22.5 Å². The van der Waals surface area contributed by atoms with E-state index in [9.17, 15) is 4.79 Å². The van der Waals surface area contributed by atoms with E-state index in [0.717, 1.165) is 12.1 Å². The van der Waals surface area contributed by atoms with Gasteiger partial charge < -0.3 is 10.6 Å². The van der Waals surface area contributed by atoms with Crippen molar-refractivity contribution in [2.24, 2.45) is 5.92 Å². The first-order valence-corrected chi connectivity index (χ1v) is 7.15. The van der Waals surface area contributed by atoms with Crippen LogP contribution < -0.4 is 10.6 Å². The van der Waals surface area contributed by atoms with Crippen molar-refractivity contribution in [1.82, 2.24) is 5.32 Å². The highest BCUT2D eigenvalue weighted by Gasteiger charge is 2.12. The van der Waals surface area contributed by atoms with Crippen LogP contribution in [-0.4, -0.2) is 18.5 Å². The molecular weight excluding hydrogens is 283 g/mol. The van der Waals surface area contributed by atoms with E-state index in [1.807, 2.05) is 6.92 Å². The fourth-order valence-electron chi connectivity index (χ4n) is 1.54. The Bertz CT molecular complexity index is 435. The summed E-state index contributed by atoms with van der Waals surface area (Å²) in [5.74, 6) is 0.561. The fraction of sp³-hybridized carbons (Fsp3) is 0.500. The van der Waals surface area contributed by atoms with Gasteiger partial charge in [-0.1, -0.05) is 37.0 Å². The summed E-state index contributed by atoms with van der Waals surface area (Å²) in [5, 5.41) is 6.96. The summed E-state index contributed by atoms with van der Waals surface area (Å²) in [4.78, 5) is 11.8. The zero-order valence-electron chi connectivity index (χ0n) is 11.5. The van der Waals surface area contributed by atoms with Crippen LogP contribution in [0.3, 0.4) is 0 Å². The number of carbonyl (C=O) groups is 1. The zero-order valence-corrected chi connectivity index (χ0v) is 13.0. The Kier molecular flexibility index (Phi) is 6.46. The van der Waals surface area contributed by atoms with Gasteiger partial charge in [-0.25, -0.2) is 0 Å². The predicted molar refractivity (Wildman–Crippen MR) is 82.0 cm³/mol. The van der Waals surface area contributed by atoms with Gasteiger partial charge in [-0.2, -0.15) is 0 Å². The number of carbonyl (C=O) groups excluding carboxylic acids is 1. The van der Waals surface area contributed by atoms with Crippen LogP contribution in [0.25, 0.3) is 0 Å². The molecule has 1 unspecified atom stereocenters. The third-order valence-electron chi connectivity index (χ3n) is 2.72. The van der Waals surface area contributed by atoms with Crippen molar-refractivity contribution < 1.29 is 4.79 Å². The number of rotatable bonds is 6. The molecule has 1 aromatic rings. The average molecular weight is 303 g/mol. The third kappa shape index (κ3) is 5.70. The molecule has 19 heavy (non-hydrogen) atoms. The van der Waals surface area contributed by atoms with Crippen molar-refractivity contribution in [2.75, 3.05) is 11.9 Å². The van der Waals surface area contributed by atoms with E-state index in [1.165, 1.54) is 0 Å². The average Bonchev–Trinajstić information content (AvgIpc) is 2.33. The van der Waals surface area contributed by atoms with Gasteiger partial charge in [0.15, 0.2) is 0 Å². The van der Waals surface area contributed by atoms with Crippen molar-refractivity contribution in [3.05, 3.63) is 28.2 Å². The van der Waals surface area contributed by atoms with E-state index in [2.05, 4.69) is 24.5 Å². The lowest BCUT2D eigenvalue weighted by Crippen LogP contribution is -2.38. The van der Waals surface area contributed by atoms with Gasteiger partial charge in [-0.3, -0.25) is 4.79 Å². The summed E-state index contributed by atoms with van der Waals surface area (Å²) < 4.78 is 0. The highest BCUT2D eigenvalue weighted by molar-refractivity contribution is 6.42. The largest absolute Gasteiger partial charge is 0.374 e. The number of benzene rings is 1. The third-order valence-corrected chi connectivity index (χ3v) is 3.46. The lowest BCUT2D eigenvalue weighted by molar-refractivity contribution is -0.121. The molecule has 5 heteroatoms. The topological polar surface area (TPSA) is 41.1 Å². The molecule has 0 saturated heterocycles. The van der Waals surface area contributed by atoms with Crippen molar-refractivity contribution in [1.29, 1.82) is 0 Å². The van der Waals surface area contributed by atoms with E-state index in [-0.39, 0.29) is 11.9 Å². The summed E-state index contributed by atoms with van der Waals surface area (Å²) in [6.07, 6.45) is 0.977. The summed E-state index contributed by atoms with van der Waals surface area (Å²) >= 11 is 11.8. The maximum atomic E-state index is 11.8. The molecule has 0 saturated carbocycles. The van der Waals surface area contributed by atoms with E-state index in [1.54, 1.807) is 18.2 Å². The second kappa shape index (κ2) is 7.61. The quantitative estimate of drug-likeness (QED) is 0.835. The Hall–Kier alpha value is -0.930. The first-order valence-electron chi connectivity index (χ1n) is 6.39. The summed E-state index contributed by atoms with van der Waals surface area (Å²) in [6.45, 7) is 6.77. The fourth-order valence-corrected chi connectivity index (χ4v) is 1.84. The van der Waals surface area contributed by atoms with Crippen LogP contribution in [0, 0.1) is 5.92 Å². The molecule has 0 bridgehead atoms. The minimum absolute atomic E-state index is 0.0216. The van der Waals surface area contributed by atoms with E-state index in [4.69, 9.17) is 23.2 Å². The molecule has 0 aliphatic carbocycles. The van der Waals surface area contributed by atoms with Crippen molar-refractivity contribution in [2.45, 2.75) is 33.2 Å². The molecule has 0 heterocycles. The molecule has 1 rings (SSSR count). The number of halogens is 2. The Morgan fingerprint density at radius 1 is 1.21 bits per heavy atom. The molecule has 0 spiro atoms. The van der Waals surface area contributed by atoms with Gasteiger partial charge in [0.05, 0.1) is 10.0 Å². The maximum absolute atomic E-state index is 11.8. The zero-order chi connectivity index (χ0) is 14.4. The van der Waals surface area contributed by atoms with Crippen molar-refractivity contribution in [3.8, 4) is 0 Å². The van der Waals surface area contributed by atoms with Gasteiger partial charge in [0.2, 0.25) is 5.91 Å². The molecule has 106 valence electrons. The molecule has 0 fully saturated rings. The van der Waals surface area contributed by atoms with Crippen LogP contribution >= 0.6 is 23.2 Å². The smallest absolute Gasteiger partial charge is 0.242 e. The van der Waals surface area contributed by atoms with E-state index < -0.39 is 0 Å². The first kappa shape index (κ1) is 16.1. The Morgan fingerprint density at radius 3 is 2.47 bits per heavy atom. The van der Waals surface area contributed by atoms with Crippen molar-refractivity contribution in [3.63, 3.8) is 0 Å². The highest BCUT2D eigenvalue weighted by atomic mass is 35.5. The second-order valence-electron chi connectivity index (χ2n) is 4.97. The SMILES string of the molecule is CC(C)CCNC(=O)C(C)Nc1ccc(Cl)c(Cl)c1.